The van der Waals surface area contributed by atoms with Crippen LogP contribution >= 0.6 is 0 Å². The highest BCUT2D eigenvalue weighted by Gasteiger charge is 2.02. The fourth-order valence-corrected chi connectivity index (χ4v) is 2.22. The average Bonchev–Trinajstić information content (AvgIpc) is 2.40. The molecule has 0 fully saturated rings. The summed E-state index contributed by atoms with van der Waals surface area (Å²) in [5, 5.41) is 2.71. The van der Waals surface area contributed by atoms with Crippen LogP contribution < -0.4 is 5.32 Å². The van der Waals surface area contributed by atoms with E-state index >= 15 is 0 Å². The lowest BCUT2D eigenvalue weighted by Gasteiger charge is -2.10. The SMILES string of the molecule is CC(CCCCNC=O)CCCc1ccccc1. The van der Waals surface area contributed by atoms with Crippen molar-refractivity contribution in [2.24, 2.45) is 5.92 Å². The molecule has 1 rings (SSSR count). The van der Waals surface area contributed by atoms with Gasteiger partial charge >= 0.3 is 0 Å². The standard InChI is InChI=1S/C16H25NO/c1-15(8-5-6-13-17-14-18)9-7-12-16-10-3-2-4-11-16/h2-4,10-11,14-15H,5-9,12-13H2,1H3,(H,17,18). The Morgan fingerprint density at radius 1 is 1.11 bits per heavy atom. The summed E-state index contributed by atoms with van der Waals surface area (Å²) in [6.45, 7) is 3.15. The third kappa shape index (κ3) is 7.10. The van der Waals surface area contributed by atoms with Gasteiger partial charge < -0.3 is 5.32 Å². The maximum absolute atomic E-state index is 10.1. The first-order valence-corrected chi connectivity index (χ1v) is 7.04. The molecular weight excluding hydrogens is 222 g/mol. The first kappa shape index (κ1) is 14.7. The Morgan fingerprint density at radius 3 is 2.56 bits per heavy atom. The molecule has 1 unspecified atom stereocenters. The van der Waals surface area contributed by atoms with Crippen LogP contribution in [0.5, 0.6) is 0 Å². The predicted octanol–water partition coefficient (Wildman–Crippen LogP) is 3.56. The molecule has 100 valence electrons. The maximum Gasteiger partial charge on any atom is 0.207 e. The fraction of sp³-hybridized carbons (Fsp3) is 0.562. The van der Waals surface area contributed by atoms with Gasteiger partial charge in [0.2, 0.25) is 6.41 Å². The van der Waals surface area contributed by atoms with Crippen LogP contribution in [0, 0.1) is 5.92 Å². The fourth-order valence-electron chi connectivity index (χ4n) is 2.22. The maximum atomic E-state index is 10.1. The van der Waals surface area contributed by atoms with Gasteiger partial charge in [-0.15, -0.1) is 0 Å². The van der Waals surface area contributed by atoms with Crippen LogP contribution in [0.4, 0.5) is 0 Å². The van der Waals surface area contributed by atoms with Gasteiger partial charge in [0.1, 0.15) is 0 Å². The molecule has 0 aliphatic heterocycles. The third-order valence-electron chi connectivity index (χ3n) is 3.36. The normalized spacial score (nSPS) is 12.1. The Kier molecular flexibility index (Phi) is 7.94. The quantitative estimate of drug-likeness (QED) is 0.497. The van der Waals surface area contributed by atoms with Crippen molar-refractivity contribution in [2.75, 3.05) is 6.54 Å². The van der Waals surface area contributed by atoms with Crippen LogP contribution in [0.2, 0.25) is 0 Å². The van der Waals surface area contributed by atoms with Gasteiger partial charge in [0, 0.05) is 6.54 Å². The van der Waals surface area contributed by atoms with Crippen LogP contribution in [0.3, 0.4) is 0 Å². The second kappa shape index (κ2) is 9.69. The van der Waals surface area contributed by atoms with E-state index in [2.05, 4.69) is 42.6 Å². The van der Waals surface area contributed by atoms with Crippen molar-refractivity contribution in [1.29, 1.82) is 0 Å². The molecule has 1 atom stereocenters. The molecule has 0 saturated heterocycles. The monoisotopic (exact) mass is 247 g/mol. The van der Waals surface area contributed by atoms with E-state index in [0.717, 1.165) is 25.3 Å². The van der Waals surface area contributed by atoms with Crippen molar-refractivity contribution in [3.8, 4) is 0 Å². The van der Waals surface area contributed by atoms with Crippen molar-refractivity contribution in [1.82, 2.24) is 5.32 Å². The molecule has 1 aromatic carbocycles. The highest BCUT2D eigenvalue weighted by Crippen LogP contribution is 2.15. The van der Waals surface area contributed by atoms with E-state index in [0.29, 0.717) is 0 Å². The molecule has 1 amide bonds. The zero-order valence-electron chi connectivity index (χ0n) is 11.4. The minimum absolute atomic E-state index is 0.781. The van der Waals surface area contributed by atoms with Crippen LogP contribution in [-0.4, -0.2) is 13.0 Å². The number of carbonyl (C=O) groups excluding carboxylic acids is 1. The molecule has 0 radical (unpaired) electrons. The molecule has 2 nitrogen and oxygen atoms in total. The highest BCUT2D eigenvalue weighted by atomic mass is 16.1. The summed E-state index contributed by atoms with van der Waals surface area (Å²) >= 11 is 0. The second-order valence-electron chi connectivity index (χ2n) is 5.05. The number of aryl methyl sites for hydroxylation is 1. The van der Waals surface area contributed by atoms with Gasteiger partial charge in [-0.3, -0.25) is 4.79 Å². The molecule has 2 heteroatoms. The number of amides is 1. The Hall–Kier alpha value is -1.31. The van der Waals surface area contributed by atoms with Gasteiger partial charge in [0.05, 0.1) is 0 Å². The van der Waals surface area contributed by atoms with Crippen molar-refractivity contribution >= 4 is 6.41 Å². The lowest BCUT2D eigenvalue weighted by atomic mass is 9.96. The van der Waals surface area contributed by atoms with E-state index in [-0.39, 0.29) is 0 Å². The Labute approximate surface area is 111 Å². The lowest BCUT2D eigenvalue weighted by molar-refractivity contribution is -0.109. The second-order valence-corrected chi connectivity index (χ2v) is 5.05. The van der Waals surface area contributed by atoms with Crippen LogP contribution in [0.1, 0.15) is 44.6 Å². The summed E-state index contributed by atoms with van der Waals surface area (Å²) in [5.74, 6) is 0.796. The van der Waals surface area contributed by atoms with E-state index in [9.17, 15) is 4.79 Å². The summed E-state index contributed by atoms with van der Waals surface area (Å²) < 4.78 is 0. The zero-order valence-corrected chi connectivity index (χ0v) is 11.4. The summed E-state index contributed by atoms with van der Waals surface area (Å²) in [7, 11) is 0. The molecule has 1 N–H and O–H groups in total. The number of benzene rings is 1. The van der Waals surface area contributed by atoms with E-state index in [1.165, 1.54) is 37.7 Å². The number of nitrogens with one attached hydrogen (secondary N) is 1. The van der Waals surface area contributed by atoms with Gasteiger partial charge in [-0.2, -0.15) is 0 Å². The summed E-state index contributed by atoms with van der Waals surface area (Å²) in [6, 6.07) is 10.7. The molecule has 1 aromatic rings. The zero-order chi connectivity index (χ0) is 13.1. The Bertz CT molecular complexity index is 310. The minimum Gasteiger partial charge on any atom is -0.359 e. The van der Waals surface area contributed by atoms with Crippen molar-refractivity contribution in [3.05, 3.63) is 35.9 Å². The summed E-state index contributed by atoms with van der Waals surface area (Å²) in [6.07, 6.45) is 8.14. The minimum atomic E-state index is 0.781. The van der Waals surface area contributed by atoms with Gasteiger partial charge in [-0.25, -0.2) is 0 Å². The third-order valence-corrected chi connectivity index (χ3v) is 3.36. The molecule has 18 heavy (non-hydrogen) atoms. The molecule has 0 saturated carbocycles. The number of hydrogen-bond donors (Lipinski definition) is 1. The number of unbranched alkanes of at least 4 members (excludes halogenated alkanes) is 1. The van der Waals surface area contributed by atoms with Crippen molar-refractivity contribution in [3.63, 3.8) is 0 Å². The molecule has 0 heterocycles. The lowest BCUT2D eigenvalue weighted by Crippen LogP contribution is -2.12. The number of rotatable bonds is 10. The topological polar surface area (TPSA) is 29.1 Å². The smallest absolute Gasteiger partial charge is 0.207 e. The molecule has 0 aromatic heterocycles. The van der Waals surface area contributed by atoms with Gasteiger partial charge in [0.15, 0.2) is 0 Å². The van der Waals surface area contributed by atoms with Gasteiger partial charge in [-0.05, 0) is 30.7 Å². The van der Waals surface area contributed by atoms with Crippen molar-refractivity contribution < 1.29 is 4.79 Å². The molecule has 0 aliphatic rings. The number of hydrogen-bond acceptors (Lipinski definition) is 1. The largest absolute Gasteiger partial charge is 0.359 e. The van der Waals surface area contributed by atoms with E-state index in [1.807, 2.05) is 0 Å². The average molecular weight is 247 g/mol. The number of carbonyl (C=O) groups is 1. The van der Waals surface area contributed by atoms with Gasteiger partial charge in [-0.1, -0.05) is 56.5 Å². The van der Waals surface area contributed by atoms with E-state index in [1.54, 1.807) is 0 Å². The van der Waals surface area contributed by atoms with Gasteiger partial charge in [0.25, 0.3) is 0 Å². The molecule has 0 spiro atoms. The summed E-state index contributed by atoms with van der Waals surface area (Å²) in [5.41, 5.74) is 1.44. The van der Waals surface area contributed by atoms with Crippen molar-refractivity contribution in [2.45, 2.75) is 45.4 Å². The molecule has 0 aliphatic carbocycles. The Morgan fingerprint density at radius 2 is 1.83 bits per heavy atom. The van der Waals surface area contributed by atoms with Crippen LogP contribution in [0.25, 0.3) is 0 Å². The highest BCUT2D eigenvalue weighted by molar-refractivity contribution is 5.45. The first-order valence-electron chi connectivity index (χ1n) is 7.04. The van der Waals surface area contributed by atoms with Crippen LogP contribution in [-0.2, 0) is 11.2 Å². The van der Waals surface area contributed by atoms with E-state index < -0.39 is 0 Å². The van der Waals surface area contributed by atoms with Crippen LogP contribution in [0.15, 0.2) is 30.3 Å². The molecule has 0 bridgehead atoms. The predicted molar refractivity (Wildman–Crippen MR) is 76.5 cm³/mol. The van der Waals surface area contributed by atoms with E-state index in [4.69, 9.17) is 0 Å². The summed E-state index contributed by atoms with van der Waals surface area (Å²) in [4.78, 5) is 10.1. The first-order chi connectivity index (χ1) is 8.83. The molecular formula is C16H25NO. The Balaban J connectivity index is 2.00.